The van der Waals surface area contributed by atoms with Gasteiger partial charge < -0.3 is 10.4 Å². The van der Waals surface area contributed by atoms with Crippen molar-refractivity contribution in [2.45, 2.75) is 39.5 Å². The molecule has 0 aliphatic carbocycles. The molecule has 0 aliphatic heterocycles. The lowest BCUT2D eigenvalue weighted by molar-refractivity contribution is -0.136. The SMILES string of the molecule is CC(C)CCCCNCCC(=O)O. The highest BCUT2D eigenvalue weighted by Crippen LogP contribution is 2.04. The predicted molar refractivity (Wildman–Crippen MR) is 53.8 cm³/mol. The van der Waals surface area contributed by atoms with Crippen molar-refractivity contribution in [3.05, 3.63) is 0 Å². The smallest absolute Gasteiger partial charge is 0.304 e. The van der Waals surface area contributed by atoms with Crippen molar-refractivity contribution in [3.8, 4) is 0 Å². The van der Waals surface area contributed by atoms with Gasteiger partial charge in [-0.2, -0.15) is 0 Å². The van der Waals surface area contributed by atoms with Crippen LogP contribution in [0, 0.1) is 5.92 Å². The number of hydrogen-bond donors (Lipinski definition) is 2. The van der Waals surface area contributed by atoms with Crippen LogP contribution in [0.4, 0.5) is 0 Å². The summed E-state index contributed by atoms with van der Waals surface area (Å²) in [6, 6.07) is 0. The molecule has 0 heterocycles. The van der Waals surface area contributed by atoms with E-state index in [0.29, 0.717) is 6.54 Å². The minimum Gasteiger partial charge on any atom is -0.481 e. The fourth-order valence-electron chi connectivity index (χ4n) is 1.12. The summed E-state index contributed by atoms with van der Waals surface area (Å²) in [5.74, 6) is 0.0497. The van der Waals surface area contributed by atoms with Crippen LogP contribution in [0.15, 0.2) is 0 Å². The lowest BCUT2D eigenvalue weighted by Crippen LogP contribution is -2.19. The van der Waals surface area contributed by atoms with E-state index in [0.717, 1.165) is 18.9 Å². The molecular weight excluding hydrogens is 166 g/mol. The quantitative estimate of drug-likeness (QED) is 0.570. The largest absolute Gasteiger partial charge is 0.481 e. The topological polar surface area (TPSA) is 49.3 Å². The second-order valence-corrected chi connectivity index (χ2v) is 3.78. The van der Waals surface area contributed by atoms with Gasteiger partial charge in [-0.3, -0.25) is 4.79 Å². The van der Waals surface area contributed by atoms with Gasteiger partial charge in [0.05, 0.1) is 6.42 Å². The van der Waals surface area contributed by atoms with E-state index in [1.165, 1.54) is 12.8 Å². The van der Waals surface area contributed by atoms with Crippen LogP contribution in [0.1, 0.15) is 39.5 Å². The van der Waals surface area contributed by atoms with E-state index < -0.39 is 5.97 Å². The second-order valence-electron chi connectivity index (χ2n) is 3.78. The summed E-state index contributed by atoms with van der Waals surface area (Å²) >= 11 is 0. The Morgan fingerprint density at radius 1 is 1.31 bits per heavy atom. The van der Waals surface area contributed by atoms with Gasteiger partial charge in [-0.25, -0.2) is 0 Å². The molecule has 3 heteroatoms. The molecular formula is C10H21NO2. The number of hydrogen-bond acceptors (Lipinski definition) is 2. The Morgan fingerprint density at radius 3 is 2.54 bits per heavy atom. The minimum absolute atomic E-state index is 0.226. The molecule has 0 atom stereocenters. The summed E-state index contributed by atoms with van der Waals surface area (Å²) in [5.41, 5.74) is 0. The van der Waals surface area contributed by atoms with Gasteiger partial charge in [0.1, 0.15) is 0 Å². The molecule has 3 nitrogen and oxygen atoms in total. The summed E-state index contributed by atoms with van der Waals surface area (Å²) in [7, 11) is 0. The molecule has 2 N–H and O–H groups in total. The summed E-state index contributed by atoms with van der Waals surface area (Å²) in [6.07, 6.45) is 3.88. The van der Waals surface area contributed by atoms with Gasteiger partial charge in [0.2, 0.25) is 0 Å². The molecule has 0 saturated heterocycles. The van der Waals surface area contributed by atoms with E-state index in [9.17, 15) is 4.79 Å². The monoisotopic (exact) mass is 187 g/mol. The summed E-state index contributed by atoms with van der Waals surface area (Å²) in [4.78, 5) is 10.1. The molecule has 0 saturated carbocycles. The van der Waals surface area contributed by atoms with Crippen LogP contribution in [-0.4, -0.2) is 24.2 Å². The van der Waals surface area contributed by atoms with Gasteiger partial charge in [0.15, 0.2) is 0 Å². The second kappa shape index (κ2) is 8.05. The normalized spacial score (nSPS) is 10.7. The molecule has 0 bridgehead atoms. The molecule has 0 aliphatic rings. The van der Waals surface area contributed by atoms with Crippen LogP contribution in [-0.2, 0) is 4.79 Å². The number of unbranched alkanes of at least 4 members (excludes halogenated alkanes) is 1. The minimum atomic E-state index is -0.727. The van der Waals surface area contributed by atoms with E-state index in [2.05, 4.69) is 19.2 Å². The van der Waals surface area contributed by atoms with Crippen molar-refractivity contribution in [2.24, 2.45) is 5.92 Å². The highest BCUT2D eigenvalue weighted by atomic mass is 16.4. The molecule has 78 valence electrons. The maximum absolute atomic E-state index is 10.1. The first kappa shape index (κ1) is 12.4. The first-order valence-corrected chi connectivity index (χ1v) is 5.05. The van der Waals surface area contributed by atoms with Gasteiger partial charge in [0.25, 0.3) is 0 Å². The number of rotatable bonds is 8. The Hall–Kier alpha value is -0.570. The summed E-state index contributed by atoms with van der Waals surface area (Å²) in [6.45, 7) is 5.98. The molecule has 13 heavy (non-hydrogen) atoms. The zero-order valence-corrected chi connectivity index (χ0v) is 8.68. The Kier molecular flexibility index (Phi) is 7.69. The highest BCUT2D eigenvalue weighted by molar-refractivity contribution is 5.66. The maximum atomic E-state index is 10.1. The molecule has 0 aromatic carbocycles. The predicted octanol–water partition coefficient (Wildman–Crippen LogP) is 1.88. The van der Waals surface area contributed by atoms with Crippen molar-refractivity contribution in [3.63, 3.8) is 0 Å². The van der Waals surface area contributed by atoms with E-state index >= 15 is 0 Å². The van der Waals surface area contributed by atoms with Gasteiger partial charge in [0, 0.05) is 6.54 Å². The first-order chi connectivity index (χ1) is 6.13. The molecule has 0 fully saturated rings. The number of nitrogens with one attached hydrogen (secondary N) is 1. The van der Waals surface area contributed by atoms with Gasteiger partial charge in [-0.1, -0.05) is 26.7 Å². The van der Waals surface area contributed by atoms with Crippen molar-refractivity contribution in [1.82, 2.24) is 5.32 Å². The van der Waals surface area contributed by atoms with Crippen LogP contribution in [0.25, 0.3) is 0 Å². The third-order valence-electron chi connectivity index (χ3n) is 1.90. The molecule has 0 radical (unpaired) electrons. The van der Waals surface area contributed by atoms with Crippen LogP contribution >= 0.6 is 0 Å². The van der Waals surface area contributed by atoms with E-state index in [-0.39, 0.29) is 6.42 Å². The molecule has 0 amide bonds. The van der Waals surface area contributed by atoms with Crippen molar-refractivity contribution >= 4 is 5.97 Å². The first-order valence-electron chi connectivity index (χ1n) is 5.05. The number of carbonyl (C=O) groups is 1. The third-order valence-corrected chi connectivity index (χ3v) is 1.90. The molecule has 0 spiro atoms. The lowest BCUT2D eigenvalue weighted by Gasteiger charge is -2.04. The van der Waals surface area contributed by atoms with Crippen LogP contribution in [0.2, 0.25) is 0 Å². The Labute approximate surface area is 80.5 Å². The molecule has 0 unspecified atom stereocenters. The average Bonchev–Trinajstić information content (AvgIpc) is 2.01. The van der Waals surface area contributed by atoms with Crippen molar-refractivity contribution in [1.29, 1.82) is 0 Å². The van der Waals surface area contributed by atoms with Gasteiger partial charge >= 0.3 is 5.97 Å². The fraction of sp³-hybridized carbons (Fsp3) is 0.900. The van der Waals surface area contributed by atoms with Crippen LogP contribution < -0.4 is 5.32 Å². The summed E-state index contributed by atoms with van der Waals surface area (Å²) in [5, 5.41) is 11.5. The number of carboxylic acids is 1. The van der Waals surface area contributed by atoms with E-state index in [4.69, 9.17) is 5.11 Å². The number of carboxylic acid groups (broad SMARTS) is 1. The third kappa shape index (κ3) is 11.4. The van der Waals surface area contributed by atoms with E-state index in [1.54, 1.807) is 0 Å². The summed E-state index contributed by atoms with van der Waals surface area (Å²) < 4.78 is 0. The zero-order chi connectivity index (χ0) is 10.1. The van der Waals surface area contributed by atoms with Crippen LogP contribution in [0.5, 0.6) is 0 Å². The van der Waals surface area contributed by atoms with Gasteiger partial charge in [-0.15, -0.1) is 0 Å². The Bertz CT molecular complexity index is 135. The Morgan fingerprint density at radius 2 is 2.00 bits per heavy atom. The standard InChI is InChI=1S/C10H21NO2/c1-9(2)5-3-4-7-11-8-6-10(12)13/h9,11H,3-8H2,1-2H3,(H,12,13). The van der Waals surface area contributed by atoms with Crippen LogP contribution in [0.3, 0.4) is 0 Å². The zero-order valence-electron chi connectivity index (χ0n) is 8.68. The van der Waals surface area contributed by atoms with E-state index in [1.807, 2.05) is 0 Å². The van der Waals surface area contributed by atoms with Gasteiger partial charge in [-0.05, 0) is 18.9 Å². The average molecular weight is 187 g/mol. The Balaban J connectivity index is 2.96. The lowest BCUT2D eigenvalue weighted by atomic mass is 10.1. The van der Waals surface area contributed by atoms with Crippen molar-refractivity contribution in [2.75, 3.05) is 13.1 Å². The maximum Gasteiger partial charge on any atom is 0.304 e. The highest BCUT2D eigenvalue weighted by Gasteiger charge is 1.96. The molecule has 0 rings (SSSR count). The molecule has 0 aromatic rings. The fourth-order valence-corrected chi connectivity index (χ4v) is 1.12. The molecule has 0 aromatic heterocycles. The van der Waals surface area contributed by atoms with Crippen molar-refractivity contribution < 1.29 is 9.90 Å². The number of aliphatic carboxylic acids is 1.